The van der Waals surface area contributed by atoms with Crippen LogP contribution in [0.3, 0.4) is 0 Å². The van der Waals surface area contributed by atoms with Crippen LogP contribution in [0.2, 0.25) is 0 Å². The van der Waals surface area contributed by atoms with Crippen molar-refractivity contribution < 1.29 is 14.7 Å². The molecule has 2 aliphatic rings. The van der Waals surface area contributed by atoms with Crippen LogP contribution in [-0.2, 0) is 9.59 Å². The summed E-state index contributed by atoms with van der Waals surface area (Å²) in [4.78, 5) is 24.0. The van der Waals surface area contributed by atoms with Crippen LogP contribution in [0.4, 0.5) is 0 Å². The van der Waals surface area contributed by atoms with Gasteiger partial charge in [-0.25, -0.2) is 0 Å². The topological polar surface area (TPSA) is 66.4 Å². The molecule has 1 amide bonds. The van der Waals surface area contributed by atoms with E-state index in [1.807, 2.05) is 18.2 Å². The average molecular weight is 329 g/mol. The summed E-state index contributed by atoms with van der Waals surface area (Å²) in [6.45, 7) is 0. The molecular weight excluding hydrogens is 302 g/mol. The highest BCUT2D eigenvalue weighted by Crippen LogP contribution is 2.37. The van der Waals surface area contributed by atoms with Gasteiger partial charge in [-0.3, -0.25) is 9.59 Å². The molecule has 1 aromatic rings. The van der Waals surface area contributed by atoms with E-state index in [2.05, 4.69) is 17.4 Å². The third-order valence-electron chi connectivity index (χ3n) is 5.72. The first-order chi connectivity index (χ1) is 11.6. The number of carbonyl (C=O) groups excluding carboxylic acids is 1. The van der Waals surface area contributed by atoms with Gasteiger partial charge < -0.3 is 10.4 Å². The lowest BCUT2D eigenvalue weighted by Crippen LogP contribution is -2.39. The van der Waals surface area contributed by atoms with Crippen LogP contribution in [0.1, 0.15) is 63.0 Å². The Hall–Kier alpha value is -1.84. The predicted octanol–water partition coefficient (Wildman–Crippen LogP) is 3.93. The zero-order valence-electron chi connectivity index (χ0n) is 14.1. The van der Waals surface area contributed by atoms with Gasteiger partial charge in [-0.1, -0.05) is 49.6 Å². The van der Waals surface area contributed by atoms with E-state index >= 15 is 0 Å². The van der Waals surface area contributed by atoms with Gasteiger partial charge in [0.1, 0.15) is 0 Å². The fourth-order valence-electron chi connectivity index (χ4n) is 4.35. The summed E-state index contributed by atoms with van der Waals surface area (Å²) in [5.41, 5.74) is 1.17. The van der Waals surface area contributed by atoms with E-state index in [0.29, 0.717) is 18.8 Å². The van der Waals surface area contributed by atoms with Gasteiger partial charge in [0, 0.05) is 5.92 Å². The molecule has 4 nitrogen and oxygen atoms in total. The van der Waals surface area contributed by atoms with E-state index in [1.165, 1.54) is 18.4 Å². The van der Waals surface area contributed by atoms with Gasteiger partial charge in [0.2, 0.25) is 5.91 Å². The van der Waals surface area contributed by atoms with Gasteiger partial charge in [0.05, 0.1) is 12.0 Å². The molecule has 0 heterocycles. The second-order valence-corrected chi connectivity index (χ2v) is 7.34. The fourth-order valence-corrected chi connectivity index (χ4v) is 4.35. The third kappa shape index (κ3) is 3.97. The van der Waals surface area contributed by atoms with Crippen molar-refractivity contribution in [1.82, 2.24) is 5.32 Å². The predicted molar refractivity (Wildman–Crippen MR) is 92.4 cm³/mol. The van der Waals surface area contributed by atoms with E-state index in [4.69, 9.17) is 0 Å². The lowest BCUT2D eigenvalue weighted by Gasteiger charge is -2.30. The molecule has 3 rings (SSSR count). The number of amides is 1. The number of carboxylic acids is 1. The number of hydrogen-bond donors (Lipinski definition) is 2. The summed E-state index contributed by atoms with van der Waals surface area (Å²) in [6, 6.07) is 10.3. The molecule has 2 N–H and O–H groups in total. The van der Waals surface area contributed by atoms with Crippen molar-refractivity contribution in [3.8, 4) is 0 Å². The average Bonchev–Trinajstić information content (AvgIpc) is 3.14. The Morgan fingerprint density at radius 1 is 0.958 bits per heavy atom. The van der Waals surface area contributed by atoms with Crippen molar-refractivity contribution >= 4 is 11.9 Å². The summed E-state index contributed by atoms with van der Waals surface area (Å²) in [7, 11) is 0. The smallest absolute Gasteiger partial charge is 0.306 e. The first kappa shape index (κ1) is 17.0. The van der Waals surface area contributed by atoms with Crippen molar-refractivity contribution in [2.45, 2.75) is 57.4 Å². The monoisotopic (exact) mass is 329 g/mol. The molecule has 3 unspecified atom stereocenters. The summed E-state index contributed by atoms with van der Waals surface area (Å²) < 4.78 is 0. The lowest BCUT2D eigenvalue weighted by molar-refractivity contribution is -0.144. The van der Waals surface area contributed by atoms with E-state index in [-0.39, 0.29) is 23.8 Å². The van der Waals surface area contributed by atoms with E-state index in [1.54, 1.807) is 0 Å². The minimum atomic E-state index is -0.761. The Balaban J connectivity index is 1.70. The highest BCUT2D eigenvalue weighted by Gasteiger charge is 2.34. The third-order valence-corrected chi connectivity index (χ3v) is 5.72. The molecule has 0 spiro atoms. The van der Waals surface area contributed by atoms with Gasteiger partial charge in [-0.05, 0) is 43.6 Å². The molecule has 130 valence electrons. The van der Waals surface area contributed by atoms with Gasteiger partial charge in [0.25, 0.3) is 0 Å². The molecule has 1 aromatic carbocycles. The number of nitrogens with one attached hydrogen (secondary N) is 1. The molecule has 4 heteroatoms. The Morgan fingerprint density at radius 3 is 2.29 bits per heavy atom. The zero-order valence-corrected chi connectivity index (χ0v) is 14.1. The first-order valence-electron chi connectivity index (χ1n) is 9.23. The first-order valence-corrected chi connectivity index (χ1v) is 9.23. The minimum Gasteiger partial charge on any atom is -0.481 e. The van der Waals surface area contributed by atoms with Crippen LogP contribution in [0, 0.1) is 17.8 Å². The van der Waals surface area contributed by atoms with Gasteiger partial charge in [0.15, 0.2) is 0 Å². The summed E-state index contributed by atoms with van der Waals surface area (Å²) in [6.07, 6.45) is 7.58. The standard InChI is InChI=1S/C20H27NO3/c22-19(16-11-6-12-17(13-16)20(23)24)21-18(15-9-4-5-10-15)14-7-2-1-3-8-14/h1-3,7-8,15-18H,4-6,9-13H2,(H,21,22)(H,23,24). The number of benzene rings is 1. The quantitative estimate of drug-likeness (QED) is 0.860. The van der Waals surface area contributed by atoms with Gasteiger partial charge in [-0.2, -0.15) is 0 Å². The molecule has 2 saturated carbocycles. The Labute approximate surface area is 143 Å². The van der Waals surface area contributed by atoms with Crippen LogP contribution in [-0.4, -0.2) is 17.0 Å². The summed E-state index contributed by atoms with van der Waals surface area (Å²) in [5, 5.41) is 12.5. The second kappa shape index (κ2) is 7.82. The SMILES string of the molecule is O=C(O)C1CCCC(C(=O)NC(c2ccccc2)C2CCCC2)C1. The summed E-state index contributed by atoms with van der Waals surface area (Å²) >= 11 is 0. The number of carbonyl (C=O) groups is 2. The number of rotatable bonds is 5. The van der Waals surface area contributed by atoms with Crippen molar-refractivity contribution in [3.05, 3.63) is 35.9 Å². The maximum atomic E-state index is 12.8. The second-order valence-electron chi connectivity index (χ2n) is 7.34. The number of aliphatic carboxylic acids is 1. The number of carboxylic acid groups (broad SMARTS) is 1. The van der Waals surface area contributed by atoms with E-state index in [9.17, 15) is 14.7 Å². The zero-order chi connectivity index (χ0) is 16.9. The normalized spacial score (nSPS) is 26.0. The molecular formula is C20H27NO3. The number of hydrogen-bond acceptors (Lipinski definition) is 2. The largest absolute Gasteiger partial charge is 0.481 e. The van der Waals surface area contributed by atoms with Crippen LogP contribution < -0.4 is 5.32 Å². The van der Waals surface area contributed by atoms with Gasteiger partial charge in [-0.15, -0.1) is 0 Å². The Morgan fingerprint density at radius 2 is 1.62 bits per heavy atom. The van der Waals surface area contributed by atoms with Crippen LogP contribution >= 0.6 is 0 Å². The molecule has 3 atom stereocenters. The van der Waals surface area contributed by atoms with Crippen LogP contribution in [0.5, 0.6) is 0 Å². The van der Waals surface area contributed by atoms with Gasteiger partial charge >= 0.3 is 5.97 Å². The molecule has 0 bridgehead atoms. The van der Waals surface area contributed by atoms with Crippen molar-refractivity contribution in [3.63, 3.8) is 0 Å². The lowest BCUT2D eigenvalue weighted by atomic mass is 9.80. The maximum absolute atomic E-state index is 12.8. The highest BCUT2D eigenvalue weighted by molar-refractivity contribution is 5.80. The Kier molecular flexibility index (Phi) is 5.54. The molecule has 24 heavy (non-hydrogen) atoms. The van der Waals surface area contributed by atoms with Crippen LogP contribution in [0.25, 0.3) is 0 Å². The van der Waals surface area contributed by atoms with E-state index < -0.39 is 5.97 Å². The molecule has 0 aromatic heterocycles. The maximum Gasteiger partial charge on any atom is 0.306 e. The molecule has 0 radical (unpaired) electrons. The molecule has 0 saturated heterocycles. The van der Waals surface area contributed by atoms with Crippen molar-refractivity contribution in [2.75, 3.05) is 0 Å². The molecule has 2 fully saturated rings. The molecule has 2 aliphatic carbocycles. The molecule has 0 aliphatic heterocycles. The highest BCUT2D eigenvalue weighted by atomic mass is 16.4. The minimum absolute atomic E-state index is 0.0432. The van der Waals surface area contributed by atoms with Crippen molar-refractivity contribution in [1.29, 1.82) is 0 Å². The summed E-state index contributed by atoms with van der Waals surface area (Å²) in [5.74, 6) is -0.747. The fraction of sp³-hybridized carbons (Fsp3) is 0.600. The van der Waals surface area contributed by atoms with E-state index in [0.717, 1.165) is 25.7 Å². The van der Waals surface area contributed by atoms with Crippen molar-refractivity contribution in [2.24, 2.45) is 17.8 Å². The van der Waals surface area contributed by atoms with Crippen LogP contribution in [0.15, 0.2) is 30.3 Å². The Bertz CT molecular complexity index is 566.